The van der Waals surface area contributed by atoms with Gasteiger partial charge in [-0.05, 0) is 12.1 Å². The van der Waals surface area contributed by atoms with Crippen LogP contribution in [-0.4, -0.2) is 15.5 Å². The molecule has 0 amide bonds. The highest BCUT2D eigenvalue weighted by Crippen LogP contribution is 2.34. The largest absolute Gasteiger partial charge is 0.515 e. The van der Waals surface area contributed by atoms with Gasteiger partial charge in [-0.1, -0.05) is 70.1 Å². The van der Waals surface area contributed by atoms with Crippen molar-refractivity contribution in [1.29, 1.82) is 0 Å². The summed E-state index contributed by atoms with van der Waals surface area (Å²) >= 11 is 27.5. The first kappa shape index (κ1) is 15.0. The second-order valence-electron chi connectivity index (χ2n) is 2.76. The zero-order valence-electron chi connectivity index (χ0n) is 8.00. The second kappa shape index (κ2) is 6.21. The highest BCUT2D eigenvalue weighted by atomic mass is 35.6. The number of ether oxygens (including phenoxy) is 2. The van der Waals surface area contributed by atoms with Crippen molar-refractivity contribution in [3.63, 3.8) is 0 Å². The van der Waals surface area contributed by atoms with Gasteiger partial charge < -0.3 is 9.47 Å². The molecule has 8 heteroatoms. The maximum Gasteiger partial charge on any atom is 0.515 e. The molecule has 0 N–H and O–H groups in total. The molecule has 0 heterocycles. The molecular formula is C9H5Cl5O3. The molecule has 0 fully saturated rings. The van der Waals surface area contributed by atoms with Gasteiger partial charge in [0.05, 0.1) is 5.02 Å². The fourth-order valence-electron chi connectivity index (χ4n) is 0.793. The van der Waals surface area contributed by atoms with Crippen LogP contribution >= 0.6 is 58.0 Å². The Hall–Kier alpha value is -0.0600. The number of rotatable bonds is 2. The molecular weight excluding hydrogens is 333 g/mol. The SMILES string of the molecule is O=C(Oc1ccccc1Cl)O[C@@H](Cl)C(Cl)(Cl)Cl. The minimum atomic E-state index is -1.94. The quantitative estimate of drug-likeness (QED) is 0.442. The first-order chi connectivity index (χ1) is 7.80. The van der Waals surface area contributed by atoms with E-state index in [-0.39, 0.29) is 10.8 Å². The third-order valence-corrected chi connectivity index (χ3v) is 3.15. The van der Waals surface area contributed by atoms with E-state index in [1.54, 1.807) is 12.1 Å². The molecule has 0 radical (unpaired) electrons. The molecule has 1 aromatic rings. The molecule has 0 unspecified atom stereocenters. The fraction of sp³-hybridized carbons (Fsp3) is 0.222. The van der Waals surface area contributed by atoms with Crippen molar-refractivity contribution in [1.82, 2.24) is 0 Å². The van der Waals surface area contributed by atoms with Gasteiger partial charge in [-0.3, -0.25) is 0 Å². The average molecular weight is 338 g/mol. The van der Waals surface area contributed by atoms with E-state index in [1.807, 2.05) is 0 Å². The third kappa shape index (κ3) is 4.98. The van der Waals surface area contributed by atoms with Gasteiger partial charge in [0.25, 0.3) is 0 Å². The molecule has 0 spiro atoms. The molecule has 94 valence electrons. The average Bonchev–Trinajstić information content (AvgIpc) is 2.20. The zero-order valence-corrected chi connectivity index (χ0v) is 11.8. The van der Waals surface area contributed by atoms with Crippen LogP contribution < -0.4 is 4.74 Å². The Labute approximate surface area is 122 Å². The van der Waals surface area contributed by atoms with Crippen LogP contribution in [0.25, 0.3) is 0 Å². The van der Waals surface area contributed by atoms with E-state index in [4.69, 9.17) is 62.7 Å². The predicted octanol–water partition coefficient (Wildman–Crippen LogP) is 4.79. The van der Waals surface area contributed by atoms with Crippen molar-refractivity contribution >= 4 is 64.2 Å². The first-order valence-corrected chi connectivity index (χ1v) is 6.09. The number of para-hydroxylation sites is 1. The fourth-order valence-corrected chi connectivity index (χ4v) is 1.17. The lowest BCUT2D eigenvalue weighted by Crippen LogP contribution is -2.27. The van der Waals surface area contributed by atoms with Gasteiger partial charge in [0, 0.05) is 0 Å². The monoisotopic (exact) mass is 336 g/mol. The van der Waals surface area contributed by atoms with Gasteiger partial charge in [-0.25, -0.2) is 4.79 Å². The van der Waals surface area contributed by atoms with Gasteiger partial charge in [0.15, 0.2) is 5.75 Å². The van der Waals surface area contributed by atoms with Crippen molar-refractivity contribution in [2.75, 3.05) is 0 Å². The van der Waals surface area contributed by atoms with Crippen LogP contribution in [0.5, 0.6) is 5.75 Å². The smallest absolute Gasteiger partial charge is 0.410 e. The lowest BCUT2D eigenvalue weighted by molar-refractivity contribution is 0.0882. The van der Waals surface area contributed by atoms with E-state index in [1.165, 1.54) is 12.1 Å². The number of alkyl halides is 4. The lowest BCUT2D eigenvalue weighted by Gasteiger charge is -2.17. The molecule has 0 aromatic heterocycles. The van der Waals surface area contributed by atoms with Crippen LogP contribution in [0.1, 0.15) is 0 Å². The first-order valence-electron chi connectivity index (χ1n) is 4.14. The Morgan fingerprint density at radius 1 is 1.24 bits per heavy atom. The molecule has 0 saturated heterocycles. The molecule has 0 bridgehead atoms. The van der Waals surface area contributed by atoms with E-state index < -0.39 is 15.5 Å². The summed E-state index contributed by atoms with van der Waals surface area (Å²) in [6.07, 6.45) is -1.12. The van der Waals surface area contributed by atoms with E-state index in [0.717, 1.165) is 0 Å². The Bertz CT molecular complexity index is 404. The normalized spacial score (nSPS) is 13.0. The number of hydrogen-bond acceptors (Lipinski definition) is 3. The van der Waals surface area contributed by atoms with Crippen molar-refractivity contribution in [3.05, 3.63) is 29.3 Å². The second-order valence-corrected chi connectivity index (χ2v) is 5.93. The van der Waals surface area contributed by atoms with Crippen LogP contribution in [-0.2, 0) is 4.74 Å². The number of carbonyl (C=O) groups excluding carboxylic acids is 1. The van der Waals surface area contributed by atoms with Crippen molar-refractivity contribution in [3.8, 4) is 5.75 Å². The Balaban J connectivity index is 2.60. The summed E-state index contributed by atoms with van der Waals surface area (Å²) in [5.41, 5.74) is -1.47. The van der Waals surface area contributed by atoms with Gasteiger partial charge >= 0.3 is 6.16 Å². The summed E-state index contributed by atoms with van der Waals surface area (Å²) in [7, 11) is 0. The third-order valence-electron chi connectivity index (χ3n) is 1.49. The van der Waals surface area contributed by atoms with Crippen LogP contribution in [0, 0.1) is 0 Å². The minimum absolute atomic E-state index is 0.118. The Kier molecular flexibility index (Phi) is 5.48. The molecule has 0 aliphatic heterocycles. The summed E-state index contributed by atoms with van der Waals surface area (Å²) in [6.45, 7) is 0. The van der Waals surface area contributed by atoms with Crippen molar-refractivity contribution in [2.24, 2.45) is 0 Å². The van der Waals surface area contributed by atoms with E-state index >= 15 is 0 Å². The number of hydrogen-bond donors (Lipinski definition) is 0. The van der Waals surface area contributed by atoms with E-state index in [9.17, 15) is 4.79 Å². The van der Waals surface area contributed by atoms with Crippen LogP contribution in [0.2, 0.25) is 5.02 Å². The van der Waals surface area contributed by atoms with E-state index in [0.29, 0.717) is 0 Å². The summed E-state index contributed by atoms with van der Waals surface area (Å²) in [6, 6.07) is 6.31. The molecule has 3 nitrogen and oxygen atoms in total. The van der Waals surface area contributed by atoms with Crippen molar-refractivity contribution < 1.29 is 14.3 Å². The van der Waals surface area contributed by atoms with Gasteiger partial charge in [0.2, 0.25) is 9.36 Å². The number of carbonyl (C=O) groups is 1. The molecule has 0 saturated carbocycles. The Morgan fingerprint density at radius 3 is 2.35 bits per heavy atom. The minimum Gasteiger partial charge on any atom is -0.410 e. The summed E-state index contributed by atoms with van der Waals surface area (Å²) in [4.78, 5) is 11.3. The van der Waals surface area contributed by atoms with Gasteiger partial charge in [-0.15, -0.1) is 0 Å². The van der Waals surface area contributed by atoms with Crippen LogP contribution in [0.15, 0.2) is 24.3 Å². The summed E-state index contributed by atoms with van der Waals surface area (Å²) < 4.78 is 7.34. The number of halogens is 5. The van der Waals surface area contributed by atoms with Gasteiger partial charge in [-0.2, -0.15) is 0 Å². The Morgan fingerprint density at radius 2 is 1.82 bits per heavy atom. The topological polar surface area (TPSA) is 35.5 Å². The molecule has 1 rings (SSSR count). The van der Waals surface area contributed by atoms with Crippen LogP contribution in [0.4, 0.5) is 4.79 Å². The number of benzene rings is 1. The molecule has 17 heavy (non-hydrogen) atoms. The molecule has 0 aliphatic rings. The summed E-state index contributed by atoms with van der Waals surface area (Å²) in [5.74, 6) is 0.118. The molecule has 1 aromatic carbocycles. The standard InChI is InChI=1S/C9H5Cl5O3/c10-5-3-1-2-4-6(5)16-8(15)17-7(11)9(12,13)14/h1-4,7H/t7-/m1/s1. The lowest BCUT2D eigenvalue weighted by atomic mass is 10.3. The summed E-state index contributed by atoms with van der Waals surface area (Å²) in [5, 5.41) is 0.240. The maximum absolute atomic E-state index is 11.3. The highest BCUT2D eigenvalue weighted by molar-refractivity contribution is 6.70. The zero-order chi connectivity index (χ0) is 13.1. The predicted molar refractivity (Wildman–Crippen MR) is 68.5 cm³/mol. The van der Waals surface area contributed by atoms with Gasteiger partial charge in [0.1, 0.15) is 0 Å². The van der Waals surface area contributed by atoms with E-state index in [2.05, 4.69) is 4.74 Å². The highest BCUT2D eigenvalue weighted by Gasteiger charge is 2.35. The molecule has 1 atom stereocenters. The van der Waals surface area contributed by atoms with Crippen LogP contribution in [0.3, 0.4) is 0 Å². The maximum atomic E-state index is 11.3. The molecule has 0 aliphatic carbocycles. The van der Waals surface area contributed by atoms with Crippen molar-refractivity contribution in [2.45, 2.75) is 9.36 Å².